The predicted molar refractivity (Wildman–Crippen MR) is 48.0 cm³/mol. The number of hydrogen-bond donors (Lipinski definition) is 0. The Labute approximate surface area is 97.4 Å². The van der Waals surface area contributed by atoms with Crippen LogP contribution in [0.2, 0.25) is 0 Å². The van der Waals surface area contributed by atoms with Crippen molar-refractivity contribution in [3.63, 3.8) is 0 Å². The smallest absolute Gasteiger partial charge is 0.322 e. The highest BCUT2D eigenvalue weighted by atomic mass is 35.7. The van der Waals surface area contributed by atoms with Crippen molar-refractivity contribution >= 4 is 0 Å². The van der Waals surface area contributed by atoms with E-state index in [9.17, 15) is 14.0 Å². The van der Waals surface area contributed by atoms with Crippen LogP contribution < -0.4 is 14.0 Å². The van der Waals surface area contributed by atoms with Gasteiger partial charge in [0.1, 0.15) is 4.29 Å². The predicted octanol–water partition coefficient (Wildman–Crippen LogP) is -1.91. The molecule has 0 saturated heterocycles. The van der Waals surface area contributed by atoms with Crippen LogP contribution in [0.15, 0.2) is 12.4 Å². The lowest BCUT2D eigenvalue weighted by molar-refractivity contribution is -1.92. The van der Waals surface area contributed by atoms with Crippen molar-refractivity contribution in [2.45, 2.75) is 32.5 Å². The van der Waals surface area contributed by atoms with Gasteiger partial charge in [0.2, 0.25) is 0 Å². The van der Waals surface area contributed by atoms with Gasteiger partial charge in [0.05, 0.1) is 10.2 Å². The topological polar surface area (TPSA) is 84.9 Å². The molecule has 0 aromatic heterocycles. The van der Waals surface area contributed by atoms with E-state index >= 15 is 0 Å². The molecular weight excluding hydrogens is 236 g/mol. The van der Waals surface area contributed by atoms with E-state index in [2.05, 4.69) is 4.29 Å². The summed E-state index contributed by atoms with van der Waals surface area (Å²) >= 11 is 0. The summed E-state index contributed by atoms with van der Waals surface area (Å²) in [6, 6.07) is 0. The second-order valence-electron chi connectivity index (χ2n) is 3.85. The third-order valence-corrected chi connectivity index (χ3v) is 3.13. The van der Waals surface area contributed by atoms with Crippen LogP contribution >= 0.6 is 0 Å². The lowest BCUT2D eigenvalue weighted by Crippen LogP contribution is -2.68. The third kappa shape index (κ3) is 2.99. The minimum atomic E-state index is -4.45. The Bertz CT molecular complexity index is 269. The number of nitrogens with zero attached hydrogens (tertiary/aromatic N) is 2. The summed E-state index contributed by atoms with van der Waals surface area (Å²) in [5.74, 6) is -1.25. The van der Waals surface area contributed by atoms with Crippen molar-refractivity contribution in [2.75, 3.05) is 13.6 Å². The van der Waals surface area contributed by atoms with Gasteiger partial charge in [-0.05, 0) is 6.42 Å². The van der Waals surface area contributed by atoms with Gasteiger partial charge in [0, 0.05) is 32.9 Å². The quantitative estimate of drug-likeness (QED) is 0.568. The Balaban J connectivity index is 2.73. The van der Waals surface area contributed by atoms with Crippen molar-refractivity contribution in [1.82, 2.24) is 9.80 Å². The molecule has 0 saturated carbocycles. The fraction of sp³-hybridized carbons (Fsp3) is 0.778. The molecule has 0 aromatic carbocycles. The summed E-state index contributed by atoms with van der Waals surface area (Å²) in [5.41, 5.74) is 0. The van der Waals surface area contributed by atoms with Crippen molar-refractivity contribution < 1.29 is 28.5 Å². The summed E-state index contributed by atoms with van der Waals surface area (Å²) in [6.07, 6.45) is 5.27. The molecule has 0 N–H and O–H groups in total. The second-order valence-corrected chi connectivity index (χ2v) is 4.76. The minimum absolute atomic E-state index is 0.638. The van der Waals surface area contributed by atoms with Gasteiger partial charge < -0.3 is 9.80 Å². The molecule has 94 valence electrons. The van der Waals surface area contributed by atoms with Crippen LogP contribution in [0.3, 0.4) is 0 Å². The van der Waals surface area contributed by atoms with E-state index in [1.807, 2.05) is 6.92 Å². The van der Waals surface area contributed by atoms with E-state index in [0.717, 1.165) is 12.8 Å². The maximum absolute atomic E-state index is 10.7. The van der Waals surface area contributed by atoms with Gasteiger partial charge in [-0.1, -0.05) is 13.3 Å². The average molecular weight is 253 g/mol. The summed E-state index contributed by atoms with van der Waals surface area (Å²) in [7, 11) is -2.79. The first-order chi connectivity index (χ1) is 7.29. The van der Waals surface area contributed by atoms with Crippen molar-refractivity contribution in [1.29, 1.82) is 0 Å². The highest BCUT2D eigenvalue weighted by molar-refractivity contribution is 4.98. The molecule has 1 aliphatic heterocycles. The van der Waals surface area contributed by atoms with Gasteiger partial charge >= 0.3 is 5.85 Å². The van der Waals surface area contributed by atoms with Gasteiger partial charge in [0.25, 0.3) is 0 Å². The first-order valence-corrected chi connectivity index (χ1v) is 6.32. The first kappa shape index (κ1) is 13.5. The first-order valence-electron chi connectivity index (χ1n) is 5.09. The maximum Gasteiger partial charge on any atom is 0.371 e. The summed E-state index contributed by atoms with van der Waals surface area (Å²) in [6.45, 7) is 4.22. The highest BCUT2D eigenvalue weighted by Gasteiger charge is 2.51. The average Bonchev–Trinajstić information content (AvgIpc) is 2.38. The second kappa shape index (κ2) is 4.77. The molecule has 1 rings (SSSR count). The molecule has 1 atom stereocenters. The highest BCUT2D eigenvalue weighted by Crippen LogP contribution is 2.29. The molecule has 1 heterocycles. The van der Waals surface area contributed by atoms with Gasteiger partial charge in [-0.15, -0.1) is 0 Å². The fourth-order valence-electron chi connectivity index (χ4n) is 1.55. The van der Waals surface area contributed by atoms with Gasteiger partial charge in [-0.2, -0.15) is 14.0 Å². The molecular formula is C9H17ClN2O4. The summed E-state index contributed by atoms with van der Waals surface area (Å²) in [5, 5.41) is 0. The standard InChI is InChI=1S/C9H17ClN2O4/c1-4-5-6-12-8-7-11(3)9(12,2)16-10(13,14)15/h7-8H,4-6H2,1-3H3. The SMILES string of the molecule is CCCCN1C=CN(C)C1(C)O[Cl+3]([O-])([O-])[O-]. The number of unbranched alkanes of at least 4 members (excludes halogenated alkanes) is 1. The zero-order valence-corrected chi connectivity index (χ0v) is 10.4. The fourth-order valence-corrected chi connectivity index (χ4v) is 2.10. The van der Waals surface area contributed by atoms with Gasteiger partial charge in [0.15, 0.2) is 0 Å². The lowest BCUT2D eigenvalue weighted by atomic mass is 10.3. The Hall–Kier alpha value is -0.530. The Kier molecular flexibility index (Phi) is 4.03. The van der Waals surface area contributed by atoms with E-state index < -0.39 is 16.1 Å². The van der Waals surface area contributed by atoms with E-state index in [1.54, 1.807) is 36.2 Å². The molecule has 0 aliphatic carbocycles. The largest absolute Gasteiger partial charge is 0.371 e. The molecule has 0 radical (unpaired) electrons. The molecule has 0 aromatic rings. The van der Waals surface area contributed by atoms with E-state index in [4.69, 9.17) is 0 Å². The molecule has 6 nitrogen and oxygen atoms in total. The van der Waals surface area contributed by atoms with Crippen LogP contribution in [0, 0.1) is 10.2 Å². The van der Waals surface area contributed by atoms with E-state index in [1.165, 1.54) is 0 Å². The Morgan fingerprint density at radius 3 is 2.44 bits per heavy atom. The minimum Gasteiger partial charge on any atom is -0.322 e. The molecule has 0 spiro atoms. The van der Waals surface area contributed by atoms with Crippen LogP contribution in [-0.4, -0.2) is 29.2 Å². The zero-order valence-electron chi connectivity index (χ0n) is 9.68. The van der Waals surface area contributed by atoms with Gasteiger partial charge in [-0.3, -0.25) is 0 Å². The number of rotatable bonds is 5. The van der Waals surface area contributed by atoms with Crippen LogP contribution in [0.25, 0.3) is 0 Å². The maximum atomic E-state index is 10.7. The van der Waals surface area contributed by atoms with Crippen molar-refractivity contribution in [2.24, 2.45) is 0 Å². The number of hydrogen-bond acceptors (Lipinski definition) is 6. The van der Waals surface area contributed by atoms with Crippen LogP contribution in [0.1, 0.15) is 26.7 Å². The molecule has 1 aliphatic rings. The molecule has 0 bridgehead atoms. The summed E-state index contributed by atoms with van der Waals surface area (Å²) in [4.78, 5) is 3.24. The molecule has 0 fully saturated rings. The monoisotopic (exact) mass is 252 g/mol. The van der Waals surface area contributed by atoms with Gasteiger partial charge in [-0.25, -0.2) is 0 Å². The van der Waals surface area contributed by atoms with Crippen molar-refractivity contribution in [3.05, 3.63) is 12.4 Å². The zero-order chi connectivity index (χ0) is 12.4. The summed E-state index contributed by atoms with van der Waals surface area (Å²) < 4.78 is 36.6. The molecule has 0 amide bonds. The van der Waals surface area contributed by atoms with E-state index in [-0.39, 0.29) is 0 Å². The van der Waals surface area contributed by atoms with E-state index in [0.29, 0.717) is 6.54 Å². The molecule has 16 heavy (non-hydrogen) atoms. The number of halogens is 1. The normalized spacial score (nSPS) is 25.6. The lowest BCUT2D eigenvalue weighted by Gasteiger charge is -2.35. The molecule has 7 heteroatoms. The Morgan fingerprint density at radius 2 is 1.94 bits per heavy atom. The Morgan fingerprint density at radius 1 is 1.31 bits per heavy atom. The van der Waals surface area contributed by atoms with Crippen LogP contribution in [0.5, 0.6) is 0 Å². The third-order valence-electron chi connectivity index (χ3n) is 2.65. The molecule has 1 unspecified atom stereocenters. The van der Waals surface area contributed by atoms with Crippen LogP contribution in [-0.2, 0) is 4.29 Å². The van der Waals surface area contributed by atoms with Crippen LogP contribution in [0.4, 0.5) is 0 Å². The van der Waals surface area contributed by atoms with Crippen molar-refractivity contribution in [3.8, 4) is 0 Å².